The fraction of sp³-hybridized carbons (Fsp3) is 0.944. The van der Waals surface area contributed by atoms with Crippen molar-refractivity contribution in [3.63, 3.8) is 0 Å². The fourth-order valence-corrected chi connectivity index (χ4v) is 7.98. The Labute approximate surface area is 406 Å². The molecule has 0 amide bonds. The molecule has 0 heterocycles. The molecular weight excluding hydrogens is 820 g/mol. The van der Waals surface area contributed by atoms with E-state index in [0.717, 1.165) is 135 Å². The van der Waals surface area contributed by atoms with Crippen molar-refractivity contribution in [3.8, 4) is 0 Å². The monoisotopic (exact) mass is 925 g/mol. The van der Waals surface area contributed by atoms with Gasteiger partial charge in [0.25, 0.3) is 0 Å². The number of carboxylic acids is 3. The molecule has 0 bridgehead atoms. The summed E-state index contributed by atoms with van der Waals surface area (Å²) in [6.07, 6.45) is 48.0. The zero-order chi connectivity index (χ0) is 47.3. The average Bonchev–Trinajstić information content (AvgIpc) is 3.24. The van der Waals surface area contributed by atoms with E-state index < -0.39 is 17.9 Å². The first-order chi connectivity index (χ1) is 30.5. The number of unbranched alkanes of at least 4 members (excludes halogenated alkanes) is 30. The van der Waals surface area contributed by atoms with Crippen molar-refractivity contribution in [1.29, 1.82) is 0 Å². The van der Waals surface area contributed by atoms with Crippen LogP contribution in [0.4, 0.5) is 0 Å². The Hall–Kier alpha value is -1.18. The third-order valence-electron chi connectivity index (χ3n) is 12.2. The van der Waals surface area contributed by atoms with Crippen LogP contribution in [0.5, 0.6) is 0 Å². The second-order valence-corrected chi connectivity index (χ2v) is 18.7. The largest absolute Gasteiger partial charge is 3.00 e. The van der Waals surface area contributed by atoms with E-state index in [2.05, 4.69) is 20.8 Å². The van der Waals surface area contributed by atoms with Gasteiger partial charge in [0.05, 0.1) is 18.3 Å². The molecule has 0 spiro atoms. The van der Waals surface area contributed by atoms with E-state index in [1.807, 2.05) is 0 Å². The summed E-state index contributed by atoms with van der Waals surface area (Å²) in [5.41, 5.74) is 0. The Kier molecular flexibility index (Phi) is 64.9. The topological polar surface area (TPSA) is 181 Å². The van der Waals surface area contributed by atoms with Crippen LogP contribution in [-0.2, 0) is 14.4 Å². The van der Waals surface area contributed by atoms with Gasteiger partial charge in [-0.15, -0.1) is 0 Å². The molecule has 0 aromatic carbocycles. The van der Waals surface area contributed by atoms with Crippen LogP contribution in [0.1, 0.15) is 310 Å². The molecule has 0 saturated heterocycles. The van der Waals surface area contributed by atoms with Gasteiger partial charge in [-0.1, -0.05) is 233 Å². The summed E-state index contributed by atoms with van der Waals surface area (Å²) in [6.45, 7) is 6.57. The van der Waals surface area contributed by atoms with Crippen molar-refractivity contribution in [2.45, 2.75) is 328 Å². The number of hydrogen-bond donors (Lipinski definition) is 3. The maximum absolute atomic E-state index is 10.2. The third kappa shape index (κ3) is 69.9. The van der Waals surface area contributed by atoms with Crippen molar-refractivity contribution in [2.75, 3.05) is 0 Å². The molecule has 10 heteroatoms. The maximum atomic E-state index is 10.2. The van der Waals surface area contributed by atoms with Gasteiger partial charge in [-0.2, -0.15) is 0 Å². The molecule has 9 nitrogen and oxygen atoms in total. The number of carboxylic acid groups (broad SMARTS) is 3. The molecule has 378 valence electrons. The quantitative estimate of drug-likeness (QED) is 0.0395. The van der Waals surface area contributed by atoms with Crippen LogP contribution in [0.3, 0.4) is 0 Å². The van der Waals surface area contributed by atoms with Crippen LogP contribution in [0, 0.1) is 0 Å². The van der Waals surface area contributed by atoms with Gasteiger partial charge >= 0.3 is 17.4 Å². The van der Waals surface area contributed by atoms with Crippen molar-refractivity contribution in [1.82, 2.24) is 0 Å². The van der Waals surface area contributed by atoms with Crippen LogP contribution >= 0.6 is 0 Å². The van der Waals surface area contributed by atoms with Gasteiger partial charge < -0.3 is 45.0 Å². The van der Waals surface area contributed by atoms with Gasteiger partial charge in [0.15, 0.2) is 0 Å². The van der Waals surface area contributed by atoms with E-state index in [1.54, 1.807) is 0 Å². The van der Waals surface area contributed by atoms with Crippen molar-refractivity contribution >= 4 is 35.3 Å². The predicted octanol–water partition coefficient (Wildman–Crippen LogP) is 11.5. The minimum absolute atomic E-state index is 0. The number of rotatable bonds is 48. The third-order valence-corrected chi connectivity index (χ3v) is 12.2. The van der Waals surface area contributed by atoms with Crippen LogP contribution < -0.4 is 15.3 Å². The normalized spacial score (nSPS) is 12.3. The Morgan fingerprint density at radius 2 is 0.422 bits per heavy atom. The zero-order valence-corrected chi connectivity index (χ0v) is 43.6. The van der Waals surface area contributed by atoms with Gasteiger partial charge in [0, 0.05) is 17.9 Å². The van der Waals surface area contributed by atoms with Crippen molar-refractivity contribution in [2.24, 2.45) is 0 Å². The van der Waals surface area contributed by atoms with Crippen LogP contribution in [-0.4, -0.2) is 68.9 Å². The first-order valence-corrected chi connectivity index (χ1v) is 27.1. The molecule has 3 atom stereocenters. The SMILES string of the molecule is CCCCCC(O)CCCCCCCCCCCC(=O)[O-].CCCCCC(O)CCCCCCCCCCCC(=O)[O-].CCCCCC(O)CCCCCCCCCCCC(=O)[O-].[Al+3]. The number of aliphatic carboxylic acids is 3. The number of carbonyl (C=O) groups is 3. The molecule has 3 unspecified atom stereocenters. The van der Waals surface area contributed by atoms with Gasteiger partial charge in [-0.05, 0) is 77.0 Å². The summed E-state index contributed by atoms with van der Waals surface area (Å²) < 4.78 is 0. The van der Waals surface area contributed by atoms with E-state index in [-0.39, 0.29) is 54.9 Å². The standard InChI is InChI=1S/3C18H36O3.Al/c3*1-2-3-11-14-17(19)15-12-9-7-5-4-6-8-10-13-16-18(20)21;/h3*17,19H,2-16H2,1H3,(H,20,21);/q;;;+3/p-3. The van der Waals surface area contributed by atoms with Gasteiger partial charge in [-0.25, -0.2) is 0 Å². The second kappa shape index (κ2) is 59.8. The van der Waals surface area contributed by atoms with Crippen LogP contribution in [0.25, 0.3) is 0 Å². The average molecular weight is 925 g/mol. The van der Waals surface area contributed by atoms with E-state index >= 15 is 0 Å². The Morgan fingerprint density at radius 1 is 0.281 bits per heavy atom. The molecule has 0 rings (SSSR count). The van der Waals surface area contributed by atoms with Crippen LogP contribution in [0.2, 0.25) is 0 Å². The van der Waals surface area contributed by atoms with E-state index in [1.165, 1.54) is 135 Å². The minimum atomic E-state index is -0.924. The molecular formula is C54H105AlO9. The summed E-state index contributed by atoms with van der Waals surface area (Å²) in [4.78, 5) is 30.7. The molecule has 0 aromatic rings. The Morgan fingerprint density at radius 3 is 0.578 bits per heavy atom. The van der Waals surface area contributed by atoms with E-state index in [0.29, 0.717) is 0 Å². The first kappa shape index (κ1) is 69.4. The summed E-state index contributed by atoms with van der Waals surface area (Å²) >= 11 is 0. The van der Waals surface area contributed by atoms with Crippen molar-refractivity contribution in [3.05, 3.63) is 0 Å². The molecule has 0 saturated carbocycles. The van der Waals surface area contributed by atoms with Crippen molar-refractivity contribution < 1.29 is 45.0 Å². The predicted molar refractivity (Wildman–Crippen MR) is 264 cm³/mol. The summed E-state index contributed by atoms with van der Waals surface area (Å²) in [5, 5.41) is 60.1. The molecule has 64 heavy (non-hydrogen) atoms. The number of carbonyl (C=O) groups excluding carboxylic acids is 3. The number of aliphatic hydroxyl groups excluding tert-OH is 3. The summed E-state index contributed by atoms with van der Waals surface area (Å²) in [5.74, 6) is -2.77. The van der Waals surface area contributed by atoms with E-state index in [9.17, 15) is 45.0 Å². The smallest absolute Gasteiger partial charge is 0.550 e. The molecule has 3 N–H and O–H groups in total. The maximum Gasteiger partial charge on any atom is 3.00 e. The van der Waals surface area contributed by atoms with Gasteiger partial charge in [0.2, 0.25) is 0 Å². The molecule has 0 aliphatic carbocycles. The molecule has 0 aliphatic rings. The van der Waals surface area contributed by atoms with Gasteiger partial charge in [-0.3, -0.25) is 0 Å². The van der Waals surface area contributed by atoms with Gasteiger partial charge in [0.1, 0.15) is 0 Å². The number of hydrogen-bond acceptors (Lipinski definition) is 9. The fourth-order valence-electron chi connectivity index (χ4n) is 7.98. The first-order valence-electron chi connectivity index (χ1n) is 27.1. The number of aliphatic hydroxyl groups is 3. The Balaban J connectivity index is -0.000000419. The summed E-state index contributed by atoms with van der Waals surface area (Å²) in [6, 6.07) is 0. The zero-order valence-electron chi connectivity index (χ0n) is 42.4. The molecule has 0 fully saturated rings. The molecule has 0 aliphatic heterocycles. The molecule has 0 radical (unpaired) electrons. The van der Waals surface area contributed by atoms with E-state index in [4.69, 9.17) is 0 Å². The van der Waals surface area contributed by atoms with Crippen LogP contribution in [0.15, 0.2) is 0 Å². The second-order valence-electron chi connectivity index (χ2n) is 18.7. The Bertz CT molecular complexity index is 807. The minimum Gasteiger partial charge on any atom is -0.550 e. The summed E-state index contributed by atoms with van der Waals surface area (Å²) in [7, 11) is 0. The molecule has 0 aromatic heterocycles.